The topological polar surface area (TPSA) is 13.1 Å². The molecule has 0 unspecified atom stereocenters. The van der Waals surface area contributed by atoms with Gasteiger partial charge in [0.25, 0.3) is 0 Å². The van der Waals surface area contributed by atoms with Crippen LogP contribution in [0.25, 0.3) is 11.3 Å². The van der Waals surface area contributed by atoms with Gasteiger partial charge >= 0.3 is 0 Å². The highest BCUT2D eigenvalue weighted by molar-refractivity contribution is 6.30. The lowest BCUT2D eigenvalue weighted by Gasteiger charge is -1.96. The van der Waals surface area contributed by atoms with Crippen molar-refractivity contribution in [2.24, 2.45) is 0 Å². The molecule has 72 valence electrons. The maximum atomic E-state index is 5.87. The Bertz CT molecular complexity index is 434. The summed E-state index contributed by atoms with van der Waals surface area (Å²) < 4.78 is 5.48. The van der Waals surface area contributed by atoms with Gasteiger partial charge < -0.3 is 4.42 Å². The van der Waals surface area contributed by atoms with Gasteiger partial charge in [0, 0.05) is 10.6 Å². The maximum Gasteiger partial charge on any atom is 0.134 e. The predicted molar refractivity (Wildman–Crippen MR) is 58.7 cm³/mol. The Hall–Kier alpha value is -0.920. The molecular formula is C11H8Cl2O. The molecule has 0 amide bonds. The summed E-state index contributed by atoms with van der Waals surface area (Å²) in [5, 5.41) is 0.700. The Labute approximate surface area is 92.3 Å². The monoisotopic (exact) mass is 226 g/mol. The van der Waals surface area contributed by atoms with Gasteiger partial charge in [-0.05, 0) is 24.3 Å². The number of rotatable bonds is 2. The Kier molecular flexibility index (Phi) is 2.80. The fourth-order valence-electron chi connectivity index (χ4n) is 1.25. The summed E-state index contributed by atoms with van der Waals surface area (Å²) in [6, 6.07) is 11.3. The fourth-order valence-corrected chi connectivity index (χ4v) is 1.58. The largest absolute Gasteiger partial charge is 0.460 e. The molecule has 0 saturated carbocycles. The Morgan fingerprint density at radius 1 is 1.14 bits per heavy atom. The van der Waals surface area contributed by atoms with Gasteiger partial charge in [0.05, 0.1) is 5.88 Å². The van der Waals surface area contributed by atoms with Crippen molar-refractivity contribution >= 4 is 23.2 Å². The Balaban J connectivity index is 2.39. The molecule has 2 rings (SSSR count). The molecule has 1 aromatic heterocycles. The second-order valence-electron chi connectivity index (χ2n) is 2.91. The van der Waals surface area contributed by atoms with Gasteiger partial charge in [-0.15, -0.1) is 11.6 Å². The number of hydrogen-bond donors (Lipinski definition) is 0. The molecule has 14 heavy (non-hydrogen) atoms. The number of hydrogen-bond acceptors (Lipinski definition) is 1. The first kappa shape index (κ1) is 9.63. The van der Waals surface area contributed by atoms with Gasteiger partial charge in [0.1, 0.15) is 11.5 Å². The van der Waals surface area contributed by atoms with Crippen LogP contribution in [0.5, 0.6) is 0 Å². The molecule has 1 nitrogen and oxygen atoms in total. The standard InChI is InChI=1S/C11H8Cl2O/c12-7-10-4-5-11(14-10)8-2-1-3-9(13)6-8/h1-6H,7H2. The number of furan rings is 1. The second-order valence-corrected chi connectivity index (χ2v) is 3.61. The Morgan fingerprint density at radius 2 is 2.00 bits per heavy atom. The van der Waals surface area contributed by atoms with E-state index in [0.29, 0.717) is 10.9 Å². The zero-order chi connectivity index (χ0) is 9.97. The summed E-state index contributed by atoms with van der Waals surface area (Å²) in [7, 11) is 0. The molecule has 1 aromatic carbocycles. The molecule has 3 heteroatoms. The molecule has 0 fully saturated rings. The normalized spacial score (nSPS) is 10.4. The molecule has 0 N–H and O–H groups in total. The SMILES string of the molecule is ClCc1ccc(-c2cccc(Cl)c2)o1. The molecular weight excluding hydrogens is 219 g/mol. The minimum Gasteiger partial charge on any atom is -0.460 e. The van der Waals surface area contributed by atoms with Crippen LogP contribution in [0.3, 0.4) is 0 Å². The van der Waals surface area contributed by atoms with Crippen LogP contribution in [-0.2, 0) is 5.88 Å². The second kappa shape index (κ2) is 4.07. The van der Waals surface area contributed by atoms with E-state index in [9.17, 15) is 0 Å². The van der Waals surface area contributed by atoms with E-state index < -0.39 is 0 Å². The van der Waals surface area contributed by atoms with E-state index in [1.54, 1.807) is 0 Å². The highest BCUT2D eigenvalue weighted by Gasteiger charge is 2.03. The first-order valence-corrected chi connectivity index (χ1v) is 5.11. The minimum absolute atomic E-state index is 0.389. The molecule has 0 atom stereocenters. The predicted octanol–water partition coefficient (Wildman–Crippen LogP) is 4.34. The number of alkyl halides is 1. The highest BCUT2D eigenvalue weighted by Crippen LogP contribution is 2.25. The highest BCUT2D eigenvalue weighted by atomic mass is 35.5. The molecule has 2 aromatic rings. The van der Waals surface area contributed by atoms with E-state index in [1.165, 1.54) is 0 Å². The lowest BCUT2D eigenvalue weighted by Crippen LogP contribution is -1.73. The van der Waals surface area contributed by atoms with Crippen LogP contribution in [0, 0.1) is 0 Å². The van der Waals surface area contributed by atoms with Crippen LogP contribution in [0.15, 0.2) is 40.8 Å². The first-order valence-electron chi connectivity index (χ1n) is 4.20. The summed E-state index contributed by atoms with van der Waals surface area (Å²) in [5.41, 5.74) is 0.967. The van der Waals surface area contributed by atoms with Crippen molar-refractivity contribution in [2.75, 3.05) is 0 Å². The molecule has 0 aliphatic carbocycles. The van der Waals surface area contributed by atoms with Crippen molar-refractivity contribution in [3.63, 3.8) is 0 Å². The van der Waals surface area contributed by atoms with E-state index in [4.69, 9.17) is 27.6 Å². The molecule has 0 radical (unpaired) electrons. The lowest BCUT2D eigenvalue weighted by molar-refractivity contribution is 0.543. The Morgan fingerprint density at radius 3 is 2.64 bits per heavy atom. The van der Waals surface area contributed by atoms with Gasteiger partial charge in [-0.25, -0.2) is 0 Å². The third-order valence-electron chi connectivity index (χ3n) is 1.90. The summed E-state index contributed by atoms with van der Waals surface area (Å²) in [6.45, 7) is 0. The maximum absolute atomic E-state index is 5.87. The average Bonchev–Trinajstić information content (AvgIpc) is 2.66. The van der Waals surface area contributed by atoms with Crippen molar-refractivity contribution in [1.82, 2.24) is 0 Å². The van der Waals surface area contributed by atoms with E-state index in [0.717, 1.165) is 17.1 Å². The minimum atomic E-state index is 0.389. The summed E-state index contributed by atoms with van der Waals surface area (Å²) >= 11 is 11.5. The molecule has 0 bridgehead atoms. The van der Waals surface area contributed by atoms with Gasteiger partial charge in [-0.2, -0.15) is 0 Å². The molecule has 0 saturated heterocycles. The zero-order valence-electron chi connectivity index (χ0n) is 7.34. The van der Waals surface area contributed by atoms with Crippen LogP contribution in [0.2, 0.25) is 5.02 Å². The van der Waals surface area contributed by atoms with Gasteiger partial charge in [-0.1, -0.05) is 23.7 Å². The van der Waals surface area contributed by atoms with Crippen molar-refractivity contribution in [3.05, 3.63) is 47.2 Å². The fraction of sp³-hybridized carbons (Fsp3) is 0.0909. The van der Waals surface area contributed by atoms with Crippen molar-refractivity contribution < 1.29 is 4.42 Å². The first-order chi connectivity index (χ1) is 6.79. The zero-order valence-corrected chi connectivity index (χ0v) is 8.85. The molecule has 1 heterocycles. The van der Waals surface area contributed by atoms with Gasteiger partial charge in [0.2, 0.25) is 0 Å². The summed E-state index contributed by atoms with van der Waals surface area (Å²) in [4.78, 5) is 0. The quantitative estimate of drug-likeness (QED) is 0.695. The third kappa shape index (κ3) is 1.94. The number of benzene rings is 1. The molecule has 0 aliphatic rings. The van der Waals surface area contributed by atoms with Gasteiger partial charge in [-0.3, -0.25) is 0 Å². The average molecular weight is 227 g/mol. The van der Waals surface area contributed by atoms with Crippen LogP contribution in [0.4, 0.5) is 0 Å². The van der Waals surface area contributed by atoms with Gasteiger partial charge in [0.15, 0.2) is 0 Å². The lowest BCUT2D eigenvalue weighted by atomic mass is 10.2. The van der Waals surface area contributed by atoms with Crippen LogP contribution < -0.4 is 0 Å². The smallest absolute Gasteiger partial charge is 0.134 e. The van der Waals surface area contributed by atoms with Crippen LogP contribution in [0.1, 0.15) is 5.76 Å². The van der Waals surface area contributed by atoms with E-state index >= 15 is 0 Å². The number of halogens is 2. The van der Waals surface area contributed by atoms with Crippen LogP contribution in [-0.4, -0.2) is 0 Å². The van der Waals surface area contributed by atoms with Crippen molar-refractivity contribution in [1.29, 1.82) is 0 Å². The third-order valence-corrected chi connectivity index (χ3v) is 2.40. The molecule has 0 spiro atoms. The summed E-state index contributed by atoms with van der Waals surface area (Å²) in [5.74, 6) is 1.95. The van der Waals surface area contributed by atoms with E-state index in [2.05, 4.69) is 0 Å². The summed E-state index contributed by atoms with van der Waals surface area (Å²) in [6.07, 6.45) is 0. The van der Waals surface area contributed by atoms with Crippen LogP contribution >= 0.6 is 23.2 Å². The van der Waals surface area contributed by atoms with E-state index in [1.807, 2.05) is 36.4 Å². The van der Waals surface area contributed by atoms with Crippen molar-refractivity contribution in [2.45, 2.75) is 5.88 Å². The van der Waals surface area contributed by atoms with E-state index in [-0.39, 0.29) is 0 Å². The van der Waals surface area contributed by atoms with Crippen molar-refractivity contribution in [3.8, 4) is 11.3 Å². The molecule has 0 aliphatic heterocycles.